The number of alkyl halides is 3. The van der Waals surface area contributed by atoms with E-state index in [1.165, 1.54) is 37.4 Å². The van der Waals surface area contributed by atoms with Crippen LogP contribution in [0.15, 0.2) is 42.5 Å². The van der Waals surface area contributed by atoms with E-state index in [-0.39, 0.29) is 11.3 Å². The first kappa shape index (κ1) is 24.5. The van der Waals surface area contributed by atoms with Crippen molar-refractivity contribution in [2.75, 3.05) is 0 Å². The lowest BCUT2D eigenvalue weighted by molar-refractivity contribution is -0.274. The van der Waals surface area contributed by atoms with E-state index < -0.39 is 23.9 Å². The van der Waals surface area contributed by atoms with E-state index in [2.05, 4.69) is 11.7 Å². The molecule has 1 aliphatic carbocycles. The standard InChI is InChI=1S/C23H24F4O3Si2/c1-2-13-31-32-19-10-3-15(4-11-19)16-5-12-20(21(24)14-16)22(28)29-17-6-8-18(9-7-17)30-23(25,26)27/h5-9,12,14-15,19H,2-4,10-11,13H2,1H3. The summed E-state index contributed by atoms with van der Waals surface area (Å²) >= 11 is 0. The average molecular weight is 481 g/mol. The van der Waals surface area contributed by atoms with Gasteiger partial charge in [0.2, 0.25) is 0 Å². The van der Waals surface area contributed by atoms with Crippen LogP contribution in [-0.4, -0.2) is 30.4 Å². The fourth-order valence-electron chi connectivity index (χ4n) is 3.73. The highest BCUT2D eigenvalue weighted by Crippen LogP contribution is 2.38. The van der Waals surface area contributed by atoms with Crippen LogP contribution in [-0.2, 0) is 0 Å². The van der Waals surface area contributed by atoms with Crippen molar-refractivity contribution < 1.29 is 31.8 Å². The first-order valence-corrected chi connectivity index (χ1v) is 13.9. The number of hydrogen-bond acceptors (Lipinski definition) is 3. The Morgan fingerprint density at radius 3 is 2.28 bits per heavy atom. The van der Waals surface area contributed by atoms with Gasteiger partial charge in [0.25, 0.3) is 0 Å². The fourth-order valence-corrected chi connectivity index (χ4v) is 7.95. The zero-order valence-electron chi connectivity index (χ0n) is 17.7. The summed E-state index contributed by atoms with van der Waals surface area (Å²) in [6, 6.07) is 10.3. The van der Waals surface area contributed by atoms with Gasteiger partial charge < -0.3 is 9.47 Å². The largest absolute Gasteiger partial charge is 0.573 e. The highest BCUT2D eigenvalue weighted by atomic mass is 29.1. The van der Waals surface area contributed by atoms with E-state index in [0.717, 1.165) is 66.3 Å². The average Bonchev–Trinajstić information content (AvgIpc) is 2.74. The number of benzene rings is 2. The summed E-state index contributed by atoms with van der Waals surface area (Å²) in [5.41, 5.74) is 1.48. The van der Waals surface area contributed by atoms with Gasteiger partial charge in [-0.2, -0.15) is 0 Å². The van der Waals surface area contributed by atoms with Crippen LogP contribution in [0.25, 0.3) is 0 Å². The van der Waals surface area contributed by atoms with Crippen molar-refractivity contribution in [3.05, 3.63) is 59.4 Å². The third-order valence-corrected chi connectivity index (χ3v) is 9.89. The zero-order valence-corrected chi connectivity index (χ0v) is 19.7. The number of hydrogen-bond donors (Lipinski definition) is 0. The second-order valence-corrected chi connectivity index (χ2v) is 11.7. The number of esters is 1. The third-order valence-electron chi connectivity index (χ3n) is 5.36. The SMILES string of the molecule is CCC[Si][Si]C1CCC(c2ccc(C(=O)Oc3ccc(OC(F)(F)F)cc3)c(F)c2)CC1. The van der Waals surface area contributed by atoms with Crippen molar-refractivity contribution in [2.24, 2.45) is 0 Å². The van der Waals surface area contributed by atoms with Crippen molar-refractivity contribution in [1.82, 2.24) is 0 Å². The maximum Gasteiger partial charge on any atom is 0.573 e. The molecule has 0 aromatic heterocycles. The Bertz CT molecular complexity index is 895. The highest BCUT2D eigenvalue weighted by molar-refractivity contribution is 7.01. The molecule has 1 fully saturated rings. The molecule has 0 N–H and O–H groups in total. The van der Waals surface area contributed by atoms with E-state index >= 15 is 0 Å². The molecule has 0 saturated heterocycles. The Balaban J connectivity index is 1.56. The fraction of sp³-hybridized carbons (Fsp3) is 0.435. The maximum absolute atomic E-state index is 14.6. The van der Waals surface area contributed by atoms with Crippen LogP contribution >= 0.6 is 0 Å². The molecule has 2 aromatic rings. The molecule has 3 rings (SSSR count). The Hall–Kier alpha value is -2.14. The molecular formula is C23H24F4O3Si2. The molecule has 4 radical (unpaired) electrons. The van der Waals surface area contributed by atoms with Crippen LogP contribution in [0.2, 0.25) is 11.6 Å². The van der Waals surface area contributed by atoms with Crippen LogP contribution in [0.3, 0.4) is 0 Å². The van der Waals surface area contributed by atoms with Crippen LogP contribution in [0.5, 0.6) is 11.5 Å². The molecular weight excluding hydrogens is 456 g/mol. The summed E-state index contributed by atoms with van der Waals surface area (Å²) in [5.74, 6) is -1.70. The van der Waals surface area contributed by atoms with Crippen molar-refractivity contribution in [1.29, 1.82) is 0 Å². The molecule has 1 aliphatic rings. The molecule has 3 nitrogen and oxygen atoms in total. The Labute approximate surface area is 189 Å². The van der Waals surface area contributed by atoms with Crippen molar-refractivity contribution in [3.63, 3.8) is 0 Å². The normalized spacial score (nSPS) is 18.9. The summed E-state index contributed by atoms with van der Waals surface area (Å²) in [7, 11) is 2.10. The quantitative estimate of drug-likeness (QED) is 0.141. The minimum absolute atomic E-state index is 0.00376. The predicted octanol–water partition coefficient (Wildman–Crippen LogP) is 6.54. The van der Waals surface area contributed by atoms with E-state index in [9.17, 15) is 22.4 Å². The summed E-state index contributed by atoms with van der Waals surface area (Å²) in [5, 5.41) is 0. The van der Waals surface area contributed by atoms with Crippen molar-refractivity contribution >= 4 is 24.0 Å². The number of carbonyl (C=O) groups is 1. The van der Waals surface area contributed by atoms with Crippen LogP contribution in [0, 0.1) is 5.82 Å². The van der Waals surface area contributed by atoms with Crippen molar-refractivity contribution in [3.8, 4) is 11.5 Å². The molecule has 170 valence electrons. The number of rotatable bonds is 8. The molecule has 0 unspecified atom stereocenters. The molecule has 0 amide bonds. The summed E-state index contributed by atoms with van der Waals surface area (Å²) in [4.78, 5) is 12.3. The molecule has 2 aromatic carbocycles. The van der Waals surface area contributed by atoms with Crippen LogP contribution in [0.1, 0.15) is 60.9 Å². The van der Waals surface area contributed by atoms with Gasteiger partial charge in [0, 0.05) is 18.1 Å². The van der Waals surface area contributed by atoms with Gasteiger partial charge in [0.1, 0.15) is 17.3 Å². The third kappa shape index (κ3) is 7.20. The van der Waals surface area contributed by atoms with Gasteiger partial charge in [-0.1, -0.05) is 43.8 Å². The highest BCUT2D eigenvalue weighted by Gasteiger charge is 2.31. The van der Waals surface area contributed by atoms with E-state index in [0.29, 0.717) is 5.92 Å². The van der Waals surface area contributed by atoms with E-state index in [1.54, 1.807) is 6.07 Å². The lowest BCUT2D eigenvalue weighted by Gasteiger charge is -2.28. The van der Waals surface area contributed by atoms with Crippen molar-refractivity contribution in [2.45, 2.75) is 62.9 Å². The van der Waals surface area contributed by atoms with Gasteiger partial charge >= 0.3 is 12.3 Å². The monoisotopic (exact) mass is 480 g/mol. The topological polar surface area (TPSA) is 35.5 Å². The minimum atomic E-state index is -4.81. The minimum Gasteiger partial charge on any atom is -0.423 e. The molecule has 0 spiro atoms. The summed E-state index contributed by atoms with van der Waals surface area (Å²) in [6.07, 6.45) is 0.830. The van der Waals surface area contributed by atoms with E-state index in [4.69, 9.17) is 4.74 Å². The Kier molecular flexibility index (Phi) is 8.53. The van der Waals surface area contributed by atoms with Gasteiger partial charge in [0.15, 0.2) is 0 Å². The van der Waals surface area contributed by atoms with Gasteiger partial charge in [0.05, 0.1) is 5.56 Å². The Morgan fingerprint density at radius 2 is 1.69 bits per heavy atom. The molecule has 0 heterocycles. The molecule has 32 heavy (non-hydrogen) atoms. The van der Waals surface area contributed by atoms with Gasteiger partial charge in [-0.3, -0.25) is 0 Å². The number of halogens is 4. The second kappa shape index (κ2) is 11.1. The van der Waals surface area contributed by atoms with Crippen LogP contribution < -0.4 is 9.47 Å². The number of carbonyl (C=O) groups excluding carboxylic acids is 1. The van der Waals surface area contributed by atoms with Gasteiger partial charge in [-0.05, 0) is 60.7 Å². The number of ether oxygens (including phenoxy) is 2. The summed E-state index contributed by atoms with van der Waals surface area (Å²) < 4.78 is 60.2. The lowest BCUT2D eigenvalue weighted by Crippen LogP contribution is -2.18. The molecule has 1 saturated carbocycles. The predicted molar refractivity (Wildman–Crippen MR) is 116 cm³/mol. The second-order valence-electron chi connectivity index (χ2n) is 7.77. The lowest BCUT2D eigenvalue weighted by atomic mass is 9.83. The smallest absolute Gasteiger partial charge is 0.423 e. The maximum atomic E-state index is 14.6. The van der Waals surface area contributed by atoms with Gasteiger partial charge in [-0.25, -0.2) is 9.18 Å². The molecule has 0 atom stereocenters. The molecule has 9 heteroatoms. The molecule has 0 aliphatic heterocycles. The van der Waals surface area contributed by atoms with Gasteiger partial charge in [-0.15, -0.1) is 13.2 Å². The summed E-state index contributed by atoms with van der Waals surface area (Å²) in [6.45, 7) is 2.21. The van der Waals surface area contributed by atoms with Crippen LogP contribution in [0.4, 0.5) is 17.6 Å². The first-order valence-electron chi connectivity index (χ1n) is 10.6. The zero-order chi connectivity index (χ0) is 23.1. The molecule has 0 bridgehead atoms. The Morgan fingerprint density at radius 1 is 1.03 bits per heavy atom. The first-order chi connectivity index (χ1) is 15.2. The van der Waals surface area contributed by atoms with E-state index in [1.807, 2.05) is 0 Å².